The maximum atomic E-state index is 11.9. The van der Waals surface area contributed by atoms with Crippen molar-refractivity contribution in [1.82, 2.24) is 29.7 Å². The molecule has 4 rings (SSSR count). The Bertz CT molecular complexity index is 697. The van der Waals surface area contributed by atoms with Crippen molar-refractivity contribution in [1.29, 1.82) is 0 Å². The number of carbonyl (C=O) groups excluding carboxylic acids is 1. The molecule has 0 bridgehead atoms. The summed E-state index contributed by atoms with van der Waals surface area (Å²) in [6.45, 7) is 3.63. The van der Waals surface area contributed by atoms with Crippen molar-refractivity contribution >= 4 is 5.91 Å². The fraction of sp³-hybridized carbons (Fsp3) is 0.625. The van der Waals surface area contributed by atoms with Gasteiger partial charge >= 0.3 is 0 Å². The first-order valence-electron chi connectivity index (χ1n) is 8.50. The highest BCUT2D eigenvalue weighted by Crippen LogP contribution is 2.32. The average molecular weight is 330 g/mol. The van der Waals surface area contributed by atoms with Crippen LogP contribution in [-0.2, 0) is 9.53 Å². The van der Waals surface area contributed by atoms with Gasteiger partial charge in [0.2, 0.25) is 5.91 Å². The Balaban J connectivity index is 1.57. The maximum Gasteiger partial charge on any atom is 0.220 e. The minimum absolute atomic E-state index is 0.0375. The predicted molar refractivity (Wildman–Crippen MR) is 85.1 cm³/mol. The number of nitrogens with zero attached hydrogens (tertiary/aromatic N) is 6. The molecule has 2 aliphatic heterocycles. The van der Waals surface area contributed by atoms with Crippen LogP contribution in [0.15, 0.2) is 24.7 Å². The van der Waals surface area contributed by atoms with Gasteiger partial charge in [-0.2, -0.15) is 5.10 Å². The molecule has 2 aromatic heterocycles. The number of hydrogen-bond donors (Lipinski definition) is 0. The molecule has 4 heterocycles. The van der Waals surface area contributed by atoms with E-state index in [1.54, 1.807) is 13.1 Å². The summed E-state index contributed by atoms with van der Waals surface area (Å²) in [5.41, 5.74) is 0.871. The highest BCUT2D eigenvalue weighted by Gasteiger charge is 2.34. The second-order valence-electron chi connectivity index (χ2n) is 6.51. The minimum atomic E-state index is 0.0375. The van der Waals surface area contributed by atoms with Crippen LogP contribution in [0.1, 0.15) is 50.0 Å². The quantitative estimate of drug-likeness (QED) is 0.849. The van der Waals surface area contributed by atoms with Gasteiger partial charge in [-0.25, -0.2) is 4.68 Å². The molecule has 24 heavy (non-hydrogen) atoms. The van der Waals surface area contributed by atoms with Crippen LogP contribution in [0.25, 0.3) is 0 Å². The lowest BCUT2D eigenvalue weighted by Gasteiger charge is -2.33. The Morgan fingerprint density at radius 1 is 1.25 bits per heavy atom. The Morgan fingerprint density at radius 3 is 2.83 bits per heavy atom. The number of rotatable bonds is 3. The van der Waals surface area contributed by atoms with Crippen LogP contribution in [0.5, 0.6) is 0 Å². The lowest BCUT2D eigenvalue weighted by molar-refractivity contribution is -0.132. The summed E-state index contributed by atoms with van der Waals surface area (Å²) in [5, 5.41) is 13.0. The van der Waals surface area contributed by atoms with Gasteiger partial charge in [-0.15, -0.1) is 5.10 Å². The molecular formula is C16H22N6O2. The van der Waals surface area contributed by atoms with Crippen LogP contribution in [-0.4, -0.2) is 55.3 Å². The molecule has 2 aliphatic rings. The zero-order chi connectivity index (χ0) is 16.5. The fourth-order valence-electron chi connectivity index (χ4n) is 3.73. The number of amides is 1. The number of carbonyl (C=O) groups is 1. The molecule has 0 aliphatic carbocycles. The summed E-state index contributed by atoms with van der Waals surface area (Å²) < 4.78 is 9.44. The van der Waals surface area contributed by atoms with E-state index in [0.717, 1.165) is 31.5 Å². The van der Waals surface area contributed by atoms with Crippen molar-refractivity contribution in [2.45, 2.75) is 44.3 Å². The largest absolute Gasteiger partial charge is 0.377 e. The second kappa shape index (κ2) is 6.35. The molecule has 1 amide bonds. The monoisotopic (exact) mass is 330 g/mol. The second-order valence-corrected chi connectivity index (χ2v) is 6.51. The van der Waals surface area contributed by atoms with Gasteiger partial charge < -0.3 is 9.64 Å². The number of hydrogen-bond acceptors (Lipinski definition) is 5. The molecule has 3 atom stereocenters. The lowest BCUT2D eigenvalue weighted by Crippen LogP contribution is -2.37. The number of piperidine rings is 1. The molecule has 0 aromatic carbocycles. The van der Waals surface area contributed by atoms with Crippen LogP contribution in [0.4, 0.5) is 0 Å². The molecule has 8 nitrogen and oxygen atoms in total. The van der Waals surface area contributed by atoms with Crippen molar-refractivity contribution in [2.75, 3.05) is 19.8 Å². The zero-order valence-electron chi connectivity index (χ0n) is 13.8. The predicted octanol–water partition coefficient (Wildman–Crippen LogP) is 1.36. The van der Waals surface area contributed by atoms with E-state index in [2.05, 4.69) is 15.4 Å². The maximum absolute atomic E-state index is 11.9. The van der Waals surface area contributed by atoms with Crippen LogP contribution in [0.3, 0.4) is 0 Å². The van der Waals surface area contributed by atoms with Gasteiger partial charge in [0, 0.05) is 25.9 Å². The highest BCUT2D eigenvalue weighted by molar-refractivity contribution is 5.73. The van der Waals surface area contributed by atoms with E-state index in [-0.39, 0.29) is 24.0 Å². The molecule has 2 aromatic rings. The zero-order valence-corrected chi connectivity index (χ0v) is 13.8. The van der Waals surface area contributed by atoms with Gasteiger partial charge in [0.25, 0.3) is 0 Å². The van der Waals surface area contributed by atoms with Crippen molar-refractivity contribution < 1.29 is 9.53 Å². The molecule has 0 spiro atoms. The third kappa shape index (κ3) is 2.71. The summed E-state index contributed by atoms with van der Waals surface area (Å²) in [4.78, 5) is 13.8. The van der Waals surface area contributed by atoms with Crippen molar-refractivity contribution in [3.05, 3.63) is 30.4 Å². The fourth-order valence-corrected chi connectivity index (χ4v) is 3.73. The molecule has 2 saturated heterocycles. The Morgan fingerprint density at radius 2 is 2.08 bits per heavy atom. The summed E-state index contributed by atoms with van der Waals surface area (Å²) in [5.74, 6) is 0.105. The Kier molecular flexibility index (Phi) is 4.05. The molecule has 8 heteroatoms. The first-order valence-corrected chi connectivity index (χ1v) is 8.50. The van der Waals surface area contributed by atoms with Gasteiger partial charge in [0.05, 0.1) is 31.5 Å². The summed E-state index contributed by atoms with van der Waals surface area (Å²) in [6, 6.07) is 2.13. The van der Waals surface area contributed by atoms with Crippen molar-refractivity contribution in [3.63, 3.8) is 0 Å². The highest BCUT2D eigenvalue weighted by atomic mass is 16.5. The first kappa shape index (κ1) is 15.3. The SMILES string of the molecule is CC(=O)N1CCCC[C@H]1c1cn([C@@H]2COC[C@@H]2n2cccn2)nn1. The molecular weight excluding hydrogens is 308 g/mol. The molecule has 0 radical (unpaired) electrons. The van der Waals surface area contributed by atoms with Crippen LogP contribution < -0.4 is 0 Å². The summed E-state index contributed by atoms with van der Waals surface area (Å²) in [6.07, 6.45) is 8.81. The minimum Gasteiger partial charge on any atom is -0.377 e. The summed E-state index contributed by atoms with van der Waals surface area (Å²) in [7, 11) is 0. The van der Waals surface area contributed by atoms with Crippen molar-refractivity contribution in [2.24, 2.45) is 0 Å². The smallest absolute Gasteiger partial charge is 0.220 e. The van der Waals surface area contributed by atoms with Crippen LogP contribution >= 0.6 is 0 Å². The van der Waals surface area contributed by atoms with E-state index in [9.17, 15) is 4.79 Å². The van der Waals surface area contributed by atoms with Crippen molar-refractivity contribution in [3.8, 4) is 0 Å². The third-order valence-corrected chi connectivity index (χ3v) is 5.00. The van der Waals surface area contributed by atoms with E-state index >= 15 is 0 Å². The standard InChI is InChI=1S/C16H22N6O2/c1-12(23)20-7-3-2-5-14(20)13-9-22(19-18-13)16-11-24-10-15(16)21-8-4-6-17-21/h4,6,8-9,14-16H,2-3,5,7,10-11H2,1H3/t14-,15-,16+/m0/s1. The van der Waals surface area contributed by atoms with E-state index < -0.39 is 0 Å². The van der Waals surface area contributed by atoms with Gasteiger partial charge in [-0.1, -0.05) is 5.21 Å². The molecule has 0 unspecified atom stereocenters. The van der Waals surface area contributed by atoms with Crippen LogP contribution in [0, 0.1) is 0 Å². The summed E-state index contributed by atoms with van der Waals surface area (Å²) >= 11 is 0. The normalized spacial score (nSPS) is 27.5. The number of ether oxygens (including phenoxy) is 1. The van der Waals surface area contributed by atoms with E-state index in [1.165, 1.54) is 0 Å². The van der Waals surface area contributed by atoms with Gasteiger partial charge in [0.15, 0.2) is 0 Å². The van der Waals surface area contributed by atoms with Gasteiger partial charge in [0.1, 0.15) is 11.7 Å². The number of aromatic nitrogens is 5. The number of likely N-dealkylation sites (tertiary alicyclic amines) is 1. The Labute approximate surface area is 140 Å². The first-order chi connectivity index (χ1) is 11.7. The van der Waals surface area contributed by atoms with E-state index in [0.29, 0.717) is 13.2 Å². The average Bonchev–Trinajstić information content (AvgIpc) is 3.33. The topological polar surface area (TPSA) is 78.1 Å². The van der Waals surface area contributed by atoms with Crippen LogP contribution in [0.2, 0.25) is 0 Å². The molecule has 0 N–H and O–H groups in total. The van der Waals surface area contributed by atoms with E-state index in [1.807, 2.05) is 32.7 Å². The molecule has 128 valence electrons. The Hall–Kier alpha value is -2.22. The molecule has 0 saturated carbocycles. The lowest BCUT2D eigenvalue weighted by atomic mass is 10.00. The van der Waals surface area contributed by atoms with Gasteiger partial charge in [-0.3, -0.25) is 9.48 Å². The van der Waals surface area contributed by atoms with Gasteiger partial charge in [-0.05, 0) is 25.3 Å². The third-order valence-electron chi connectivity index (χ3n) is 5.00. The van der Waals surface area contributed by atoms with E-state index in [4.69, 9.17) is 4.74 Å². The molecule has 2 fully saturated rings.